The predicted octanol–water partition coefficient (Wildman–Crippen LogP) is 1.98. The molecule has 0 aliphatic carbocycles. The molecule has 5 heteroatoms. The van der Waals surface area contributed by atoms with Crippen LogP contribution in [0.25, 0.3) is 0 Å². The Bertz CT molecular complexity index is 460. The van der Waals surface area contributed by atoms with Crippen molar-refractivity contribution in [1.82, 2.24) is 20.1 Å². The molecule has 1 N–H and O–H groups in total. The first-order valence-corrected chi connectivity index (χ1v) is 6.23. The van der Waals surface area contributed by atoms with Crippen molar-refractivity contribution in [3.8, 4) is 0 Å². The van der Waals surface area contributed by atoms with E-state index in [1.165, 1.54) is 10.4 Å². The van der Waals surface area contributed by atoms with Gasteiger partial charge in [-0.25, -0.2) is 4.98 Å². The maximum atomic E-state index is 4.30. The maximum Gasteiger partial charge on any atom is 0.0798 e. The van der Waals surface area contributed by atoms with Crippen LogP contribution in [0.2, 0.25) is 0 Å². The largest absolute Gasteiger partial charge is 0.309 e. The van der Waals surface area contributed by atoms with E-state index in [2.05, 4.69) is 28.5 Å². The minimum Gasteiger partial charge on any atom is -0.309 e. The van der Waals surface area contributed by atoms with E-state index in [9.17, 15) is 0 Å². The summed E-state index contributed by atoms with van der Waals surface area (Å²) in [6, 6.07) is 0.202. The predicted molar refractivity (Wildman–Crippen MR) is 65.7 cm³/mol. The Hall–Kier alpha value is -1.20. The Morgan fingerprint density at radius 1 is 1.56 bits per heavy atom. The van der Waals surface area contributed by atoms with Crippen molar-refractivity contribution in [1.29, 1.82) is 0 Å². The average Bonchev–Trinajstić information content (AvgIpc) is 2.90. The van der Waals surface area contributed by atoms with Crippen LogP contribution in [0.3, 0.4) is 0 Å². The molecule has 1 unspecified atom stereocenters. The SMILES string of the molecule is CCn1cc(C(NC)c2scnc2C)cn1. The van der Waals surface area contributed by atoms with Crippen LogP contribution in [0.15, 0.2) is 17.9 Å². The summed E-state index contributed by atoms with van der Waals surface area (Å²) >= 11 is 1.68. The molecule has 2 aromatic rings. The van der Waals surface area contributed by atoms with E-state index >= 15 is 0 Å². The summed E-state index contributed by atoms with van der Waals surface area (Å²) in [4.78, 5) is 5.55. The Labute approximate surface area is 99.3 Å². The van der Waals surface area contributed by atoms with E-state index in [0.29, 0.717) is 0 Å². The van der Waals surface area contributed by atoms with Gasteiger partial charge in [0.05, 0.1) is 23.4 Å². The summed E-state index contributed by atoms with van der Waals surface area (Å²) in [5.74, 6) is 0. The molecule has 0 bridgehead atoms. The second-order valence-corrected chi connectivity index (χ2v) is 4.54. The molecule has 0 aromatic carbocycles. The summed E-state index contributed by atoms with van der Waals surface area (Å²) in [6.45, 7) is 5.03. The second kappa shape index (κ2) is 4.76. The molecule has 0 aliphatic rings. The molecule has 0 aliphatic heterocycles. The van der Waals surface area contributed by atoms with Crippen LogP contribution >= 0.6 is 11.3 Å². The first-order valence-electron chi connectivity index (χ1n) is 5.35. The summed E-state index contributed by atoms with van der Waals surface area (Å²) in [5, 5.41) is 7.62. The van der Waals surface area contributed by atoms with Gasteiger partial charge in [-0.2, -0.15) is 5.10 Å². The van der Waals surface area contributed by atoms with Crippen molar-refractivity contribution >= 4 is 11.3 Å². The van der Waals surface area contributed by atoms with Gasteiger partial charge in [-0.15, -0.1) is 11.3 Å². The number of hydrogen-bond acceptors (Lipinski definition) is 4. The Morgan fingerprint density at radius 3 is 2.88 bits per heavy atom. The lowest BCUT2D eigenvalue weighted by molar-refractivity contribution is 0.654. The van der Waals surface area contributed by atoms with Crippen molar-refractivity contribution in [3.63, 3.8) is 0 Å². The normalized spacial score (nSPS) is 12.9. The second-order valence-electron chi connectivity index (χ2n) is 3.65. The Kier molecular flexibility index (Phi) is 3.36. The van der Waals surface area contributed by atoms with Crippen LogP contribution < -0.4 is 5.32 Å². The van der Waals surface area contributed by atoms with Gasteiger partial charge in [0.15, 0.2) is 0 Å². The number of nitrogens with one attached hydrogen (secondary N) is 1. The summed E-state index contributed by atoms with van der Waals surface area (Å²) in [7, 11) is 1.97. The molecule has 1 atom stereocenters. The zero-order valence-electron chi connectivity index (χ0n) is 9.77. The fourth-order valence-corrected chi connectivity index (χ4v) is 2.68. The fourth-order valence-electron chi connectivity index (χ4n) is 1.74. The van der Waals surface area contributed by atoms with Crippen molar-refractivity contribution in [2.75, 3.05) is 7.05 Å². The molecule has 0 saturated heterocycles. The molecular formula is C11H16N4S. The highest BCUT2D eigenvalue weighted by molar-refractivity contribution is 7.09. The van der Waals surface area contributed by atoms with Gasteiger partial charge in [0.2, 0.25) is 0 Å². The quantitative estimate of drug-likeness (QED) is 0.882. The maximum absolute atomic E-state index is 4.30. The third-order valence-electron chi connectivity index (χ3n) is 2.64. The molecule has 4 nitrogen and oxygen atoms in total. The summed E-state index contributed by atoms with van der Waals surface area (Å²) < 4.78 is 1.94. The molecule has 2 heterocycles. The molecule has 0 spiro atoms. The van der Waals surface area contributed by atoms with Crippen molar-refractivity contribution in [3.05, 3.63) is 34.0 Å². The number of nitrogens with zero attached hydrogens (tertiary/aromatic N) is 3. The number of rotatable bonds is 4. The van der Waals surface area contributed by atoms with E-state index in [-0.39, 0.29) is 6.04 Å². The monoisotopic (exact) mass is 236 g/mol. The van der Waals surface area contributed by atoms with Crippen LogP contribution in [-0.2, 0) is 6.54 Å². The zero-order chi connectivity index (χ0) is 11.5. The zero-order valence-corrected chi connectivity index (χ0v) is 10.6. The molecule has 2 rings (SSSR count). The topological polar surface area (TPSA) is 42.7 Å². The minimum atomic E-state index is 0.202. The molecule has 0 saturated carbocycles. The van der Waals surface area contributed by atoms with Gasteiger partial charge in [-0.1, -0.05) is 0 Å². The number of aromatic nitrogens is 3. The summed E-state index contributed by atoms with van der Waals surface area (Å²) in [6.07, 6.45) is 4.00. The lowest BCUT2D eigenvalue weighted by Crippen LogP contribution is -2.16. The van der Waals surface area contributed by atoms with Crippen LogP contribution in [-0.4, -0.2) is 21.8 Å². The van der Waals surface area contributed by atoms with Gasteiger partial charge in [-0.3, -0.25) is 4.68 Å². The van der Waals surface area contributed by atoms with E-state index in [0.717, 1.165) is 12.2 Å². The summed E-state index contributed by atoms with van der Waals surface area (Å²) in [5.41, 5.74) is 4.17. The van der Waals surface area contributed by atoms with E-state index < -0.39 is 0 Å². The van der Waals surface area contributed by atoms with Crippen molar-refractivity contribution < 1.29 is 0 Å². The number of aryl methyl sites for hydroxylation is 2. The third-order valence-corrected chi connectivity index (χ3v) is 3.64. The molecule has 86 valence electrons. The van der Waals surface area contributed by atoms with Gasteiger partial charge in [-0.05, 0) is 20.9 Å². The molecular weight excluding hydrogens is 220 g/mol. The molecule has 0 amide bonds. The lowest BCUT2D eigenvalue weighted by Gasteiger charge is -2.12. The molecule has 0 fully saturated rings. The highest BCUT2D eigenvalue weighted by atomic mass is 32.1. The van der Waals surface area contributed by atoms with Gasteiger partial charge >= 0.3 is 0 Å². The highest BCUT2D eigenvalue weighted by Crippen LogP contribution is 2.27. The Balaban J connectivity index is 2.32. The van der Waals surface area contributed by atoms with Gasteiger partial charge < -0.3 is 5.32 Å². The van der Waals surface area contributed by atoms with Crippen LogP contribution in [0.4, 0.5) is 0 Å². The molecule has 2 aromatic heterocycles. The standard InChI is InChI=1S/C11H16N4S/c1-4-15-6-9(5-14-15)10(12-3)11-8(2)13-7-16-11/h5-7,10,12H,4H2,1-3H3. The first-order chi connectivity index (χ1) is 7.76. The van der Waals surface area contributed by atoms with E-state index in [1.54, 1.807) is 11.3 Å². The molecule has 16 heavy (non-hydrogen) atoms. The van der Waals surface area contributed by atoms with E-state index in [4.69, 9.17) is 0 Å². The highest BCUT2D eigenvalue weighted by Gasteiger charge is 2.17. The minimum absolute atomic E-state index is 0.202. The average molecular weight is 236 g/mol. The van der Waals surface area contributed by atoms with Gasteiger partial charge in [0, 0.05) is 23.2 Å². The van der Waals surface area contributed by atoms with Crippen LogP contribution in [0.5, 0.6) is 0 Å². The number of thiazole rings is 1. The Morgan fingerprint density at radius 2 is 2.38 bits per heavy atom. The van der Waals surface area contributed by atoms with Gasteiger partial charge in [0.1, 0.15) is 0 Å². The van der Waals surface area contributed by atoms with Crippen molar-refractivity contribution in [2.45, 2.75) is 26.4 Å². The number of hydrogen-bond donors (Lipinski definition) is 1. The van der Waals surface area contributed by atoms with E-state index in [1.807, 2.05) is 30.4 Å². The fraction of sp³-hybridized carbons (Fsp3) is 0.455. The van der Waals surface area contributed by atoms with Crippen LogP contribution in [0, 0.1) is 6.92 Å². The van der Waals surface area contributed by atoms with Crippen LogP contribution in [0.1, 0.15) is 29.1 Å². The van der Waals surface area contributed by atoms with Crippen molar-refractivity contribution in [2.24, 2.45) is 0 Å². The first kappa shape index (κ1) is 11.3. The smallest absolute Gasteiger partial charge is 0.0798 e. The molecule has 0 radical (unpaired) electrons. The van der Waals surface area contributed by atoms with Gasteiger partial charge in [0.25, 0.3) is 0 Å². The lowest BCUT2D eigenvalue weighted by atomic mass is 10.1. The third kappa shape index (κ3) is 2.01.